The van der Waals surface area contributed by atoms with Gasteiger partial charge in [0.2, 0.25) is 5.91 Å². The second kappa shape index (κ2) is 5.07. The topological polar surface area (TPSA) is 49.3 Å². The second-order valence-corrected chi connectivity index (χ2v) is 11.9. The van der Waals surface area contributed by atoms with Crippen molar-refractivity contribution in [1.29, 1.82) is 0 Å². The average Bonchev–Trinajstić information content (AvgIpc) is 2.51. The molecule has 8 saturated carbocycles. The van der Waals surface area contributed by atoms with Crippen LogP contribution in [-0.2, 0) is 4.79 Å². The lowest BCUT2D eigenvalue weighted by atomic mass is 9.47. The fraction of sp³-hybridized carbons (Fsp3) is 0.957. The third-order valence-corrected chi connectivity index (χ3v) is 9.86. The van der Waals surface area contributed by atoms with Gasteiger partial charge >= 0.3 is 0 Å². The number of nitrogens with one attached hydrogen (secondary N) is 1. The van der Waals surface area contributed by atoms with E-state index in [-0.39, 0.29) is 5.41 Å². The van der Waals surface area contributed by atoms with E-state index in [1.165, 1.54) is 44.9 Å². The van der Waals surface area contributed by atoms with E-state index in [4.69, 9.17) is 0 Å². The summed E-state index contributed by atoms with van der Waals surface area (Å²) < 4.78 is 0. The minimum absolute atomic E-state index is 0.255. The lowest BCUT2D eigenvalue weighted by Crippen LogP contribution is -2.63. The van der Waals surface area contributed by atoms with Crippen molar-refractivity contribution in [3.05, 3.63) is 0 Å². The largest absolute Gasteiger partial charge is 0.390 e. The summed E-state index contributed by atoms with van der Waals surface area (Å²) in [6.45, 7) is 2.31. The SMILES string of the molecule is C[C@@H](NC(=O)C12C[C@@H]3C[C@@H](CC(O)(C3)C1)C2)C12CC3CC(CC(C3)C1)C2. The molecule has 0 aromatic heterocycles. The van der Waals surface area contributed by atoms with E-state index in [0.717, 1.165) is 49.9 Å². The van der Waals surface area contributed by atoms with Gasteiger partial charge in [0.25, 0.3) is 0 Å². The van der Waals surface area contributed by atoms with Crippen molar-refractivity contribution in [2.45, 2.75) is 95.6 Å². The molecule has 0 radical (unpaired) electrons. The van der Waals surface area contributed by atoms with E-state index >= 15 is 0 Å². The minimum Gasteiger partial charge on any atom is -0.390 e. The molecule has 0 spiro atoms. The summed E-state index contributed by atoms with van der Waals surface area (Å²) in [6, 6.07) is 0.311. The van der Waals surface area contributed by atoms with Crippen LogP contribution >= 0.6 is 0 Å². The van der Waals surface area contributed by atoms with Crippen molar-refractivity contribution in [2.24, 2.45) is 40.4 Å². The zero-order chi connectivity index (χ0) is 17.7. The Morgan fingerprint density at radius 3 is 1.85 bits per heavy atom. The van der Waals surface area contributed by atoms with Gasteiger partial charge in [-0.1, -0.05) is 0 Å². The maximum Gasteiger partial charge on any atom is 0.226 e. The smallest absolute Gasteiger partial charge is 0.226 e. The molecule has 8 rings (SSSR count). The van der Waals surface area contributed by atoms with Crippen LogP contribution in [0.1, 0.15) is 84.0 Å². The third-order valence-electron chi connectivity index (χ3n) is 9.86. The van der Waals surface area contributed by atoms with Crippen molar-refractivity contribution in [3.8, 4) is 0 Å². The van der Waals surface area contributed by atoms with Crippen molar-refractivity contribution >= 4 is 5.91 Å². The Hall–Kier alpha value is -0.570. The van der Waals surface area contributed by atoms with Gasteiger partial charge < -0.3 is 10.4 Å². The average molecular weight is 358 g/mol. The Morgan fingerprint density at radius 1 is 0.846 bits per heavy atom. The zero-order valence-corrected chi connectivity index (χ0v) is 16.3. The number of hydrogen-bond acceptors (Lipinski definition) is 2. The van der Waals surface area contributed by atoms with Gasteiger partial charge in [-0.15, -0.1) is 0 Å². The number of amides is 1. The quantitative estimate of drug-likeness (QED) is 0.801. The molecule has 0 aliphatic heterocycles. The molecule has 0 aromatic rings. The summed E-state index contributed by atoms with van der Waals surface area (Å²) in [5.74, 6) is 4.26. The highest BCUT2D eigenvalue weighted by Gasteiger charge is 2.61. The molecule has 144 valence electrons. The lowest BCUT2D eigenvalue weighted by Gasteiger charge is -2.61. The first-order valence-electron chi connectivity index (χ1n) is 11.4. The predicted octanol–water partition coefficient (Wildman–Crippen LogP) is 4.04. The molecule has 8 aliphatic rings. The van der Waals surface area contributed by atoms with Crippen LogP contribution in [0.25, 0.3) is 0 Å². The van der Waals surface area contributed by atoms with E-state index in [1.807, 2.05) is 0 Å². The first kappa shape index (κ1) is 16.4. The maximum absolute atomic E-state index is 13.5. The Balaban J connectivity index is 1.22. The molecule has 2 unspecified atom stereocenters. The van der Waals surface area contributed by atoms with Gasteiger partial charge in [-0.05, 0) is 119 Å². The van der Waals surface area contributed by atoms with Crippen molar-refractivity contribution in [1.82, 2.24) is 5.32 Å². The molecule has 8 aliphatic carbocycles. The fourth-order valence-corrected chi connectivity index (χ4v) is 9.69. The highest BCUT2D eigenvalue weighted by molar-refractivity contribution is 5.83. The summed E-state index contributed by atoms with van der Waals surface area (Å²) in [7, 11) is 0. The Morgan fingerprint density at radius 2 is 1.35 bits per heavy atom. The van der Waals surface area contributed by atoms with Crippen LogP contribution in [0.4, 0.5) is 0 Å². The number of carbonyl (C=O) groups excluding carboxylic acids is 1. The molecule has 3 heteroatoms. The highest BCUT2D eigenvalue weighted by Crippen LogP contribution is 2.63. The van der Waals surface area contributed by atoms with Gasteiger partial charge in [-0.2, -0.15) is 0 Å². The molecule has 0 saturated heterocycles. The molecule has 26 heavy (non-hydrogen) atoms. The Kier molecular flexibility index (Phi) is 3.20. The van der Waals surface area contributed by atoms with Crippen LogP contribution in [0.15, 0.2) is 0 Å². The standard InChI is InChI=1S/C23H35NO2/c1-14(21-6-15-2-16(7-21)4-17(3-15)8-21)24-20(25)22-9-18-5-19(10-22)12-23(26,11-18)13-22/h14-19,26H,2-13H2,1H3,(H,24,25)/t14-,15?,16?,17?,18-,19+,21?,22?,23?/m1/s1. The predicted molar refractivity (Wildman–Crippen MR) is 100 cm³/mol. The lowest BCUT2D eigenvalue weighted by molar-refractivity contribution is -0.180. The molecule has 0 aromatic carbocycles. The van der Waals surface area contributed by atoms with Gasteiger partial charge in [-0.3, -0.25) is 4.79 Å². The van der Waals surface area contributed by atoms with Gasteiger partial charge in [0, 0.05) is 6.04 Å². The van der Waals surface area contributed by atoms with Crippen molar-refractivity contribution < 1.29 is 9.90 Å². The van der Waals surface area contributed by atoms with Crippen molar-refractivity contribution in [3.63, 3.8) is 0 Å². The van der Waals surface area contributed by atoms with E-state index in [9.17, 15) is 9.90 Å². The van der Waals surface area contributed by atoms with Gasteiger partial charge in [0.15, 0.2) is 0 Å². The number of rotatable bonds is 3. The molecule has 3 nitrogen and oxygen atoms in total. The fourth-order valence-electron chi connectivity index (χ4n) is 9.69. The van der Waals surface area contributed by atoms with E-state index in [2.05, 4.69) is 12.2 Å². The van der Waals surface area contributed by atoms with E-state index < -0.39 is 5.60 Å². The Bertz CT molecular complexity index is 591. The highest BCUT2D eigenvalue weighted by atomic mass is 16.3. The van der Waals surface area contributed by atoms with Gasteiger partial charge in [0.1, 0.15) is 0 Å². The Labute approximate surface area is 157 Å². The first-order chi connectivity index (χ1) is 12.4. The monoisotopic (exact) mass is 357 g/mol. The molecule has 2 N–H and O–H groups in total. The molecular weight excluding hydrogens is 322 g/mol. The van der Waals surface area contributed by atoms with Crippen LogP contribution in [0, 0.1) is 40.4 Å². The van der Waals surface area contributed by atoms with Crippen LogP contribution in [0.2, 0.25) is 0 Å². The number of hydrogen-bond donors (Lipinski definition) is 2. The van der Waals surface area contributed by atoms with Crippen molar-refractivity contribution in [2.75, 3.05) is 0 Å². The number of aliphatic hydroxyl groups is 1. The van der Waals surface area contributed by atoms with Crippen LogP contribution < -0.4 is 5.32 Å². The second-order valence-electron chi connectivity index (χ2n) is 11.9. The molecule has 1 amide bonds. The van der Waals surface area contributed by atoms with E-state index in [0.29, 0.717) is 29.2 Å². The third kappa shape index (κ3) is 2.25. The summed E-state index contributed by atoms with van der Waals surface area (Å²) in [5.41, 5.74) is -0.412. The van der Waals surface area contributed by atoms with Gasteiger partial charge in [0.05, 0.1) is 11.0 Å². The molecule has 5 atom stereocenters. The summed E-state index contributed by atoms with van der Waals surface area (Å²) in [5, 5.41) is 14.6. The molecule has 0 heterocycles. The minimum atomic E-state index is -0.536. The molecular formula is C23H35NO2. The van der Waals surface area contributed by atoms with Crippen LogP contribution in [0.3, 0.4) is 0 Å². The van der Waals surface area contributed by atoms with Crippen LogP contribution in [0.5, 0.6) is 0 Å². The molecule has 8 bridgehead atoms. The summed E-state index contributed by atoms with van der Waals surface area (Å²) in [6.07, 6.45) is 14.4. The van der Waals surface area contributed by atoms with E-state index in [1.54, 1.807) is 0 Å². The number of carbonyl (C=O) groups is 1. The van der Waals surface area contributed by atoms with Crippen LogP contribution in [-0.4, -0.2) is 22.7 Å². The molecule has 8 fully saturated rings. The normalized spacial score (nSPS) is 57.4. The summed E-state index contributed by atoms with van der Waals surface area (Å²) >= 11 is 0. The maximum atomic E-state index is 13.5. The van der Waals surface area contributed by atoms with Gasteiger partial charge in [-0.25, -0.2) is 0 Å². The summed E-state index contributed by atoms with van der Waals surface area (Å²) in [4.78, 5) is 13.5. The zero-order valence-electron chi connectivity index (χ0n) is 16.3. The first-order valence-corrected chi connectivity index (χ1v) is 11.4.